The molecule has 1 N–H and O–H groups in total. The molecule has 3 heteroatoms. The van der Waals surface area contributed by atoms with Crippen LogP contribution in [0.15, 0.2) is 12.1 Å². The minimum atomic E-state index is 0.501. The monoisotopic (exact) mass is 238 g/mol. The lowest BCUT2D eigenvalue weighted by Gasteiger charge is -2.17. The van der Waals surface area contributed by atoms with Gasteiger partial charge in [-0.2, -0.15) is 0 Å². The topological polar surface area (TPSA) is 15.3 Å². The van der Waals surface area contributed by atoms with Gasteiger partial charge in [-0.05, 0) is 51.9 Å². The molecule has 1 aromatic heterocycles. The summed E-state index contributed by atoms with van der Waals surface area (Å²) in [6.07, 6.45) is 2.78. The highest BCUT2D eigenvalue weighted by Crippen LogP contribution is 2.21. The molecule has 1 atom stereocenters. The highest BCUT2D eigenvalue weighted by atomic mass is 32.1. The average Bonchev–Trinajstić information content (AvgIpc) is 2.89. The zero-order chi connectivity index (χ0) is 11.4. The maximum absolute atomic E-state index is 3.61. The second-order valence-electron chi connectivity index (χ2n) is 4.67. The van der Waals surface area contributed by atoms with E-state index in [9.17, 15) is 0 Å². The minimum Gasteiger partial charge on any atom is -0.308 e. The Bertz CT molecular complexity index is 315. The highest BCUT2D eigenvalue weighted by Gasteiger charge is 2.11. The third kappa shape index (κ3) is 3.30. The van der Waals surface area contributed by atoms with Crippen LogP contribution in [0.3, 0.4) is 0 Å². The second kappa shape index (κ2) is 5.80. The van der Waals surface area contributed by atoms with Crippen molar-refractivity contribution >= 4 is 11.3 Å². The van der Waals surface area contributed by atoms with Crippen LogP contribution in [0, 0.1) is 6.92 Å². The molecule has 1 fully saturated rings. The fourth-order valence-electron chi connectivity index (χ4n) is 2.23. The molecule has 1 aliphatic rings. The number of hydrogen-bond donors (Lipinski definition) is 1. The van der Waals surface area contributed by atoms with E-state index in [4.69, 9.17) is 0 Å². The lowest BCUT2D eigenvalue weighted by atomic mass is 10.2. The van der Waals surface area contributed by atoms with Gasteiger partial charge in [0.2, 0.25) is 0 Å². The smallest absolute Gasteiger partial charge is 0.0386 e. The fourth-order valence-corrected chi connectivity index (χ4v) is 3.14. The molecule has 1 saturated heterocycles. The van der Waals surface area contributed by atoms with Crippen molar-refractivity contribution in [1.29, 1.82) is 0 Å². The lowest BCUT2D eigenvalue weighted by Crippen LogP contribution is -2.31. The van der Waals surface area contributed by atoms with Crippen molar-refractivity contribution in [3.05, 3.63) is 21.9 Å². The summed E-state index contributed by atoms with van der Waals surface area (Å²) >= 11 is 1.90. The molecule has 1 aliphatic heterocycles. The van der Waals surface area contributed by atoms with Crippen LogP contribution in [-0.4, -0.2) is 31.1 Å². The number of thiophene rings is 1. The van der Waals surface area contributed by atoms with Crippen LogP contribution >= 0.6 is 11.3 Å². The Kier molecular flexibility index (Phi) is 4.38. The van der Waals surface area contributed by atoms with E-state index in [1.165, 1.54) is 42.2 Å². The highest BCUT2D eigenvalue weighted by molar-refractivity contribution is 7.12. The first kappa shape index (κ1) is 12.1. The van der Waals surface area contributed by atoms with Gasteiger partial charge in [0.1, 0.15) is 0 Å². The second-order valence-corrected chi connectivity index (χ2v) is 5.99. The Morgan fingerprint density at radius 2 is 2.12 bits per heavy atom. The summed E-state index contributed by atoms with van der Waals surface area (Å²) in [5, 5.41) is 3.61. The molecule has 1 aromatic rings. The minimum absolute atomic E-state index is 0.501. The molecule has 1 unspecified atom stereocenters. The predicted octanol–water partition coefficient (Wildman–Crippen LogP) is 2.80. The molecule has 0 bridgehead atoms. The third-order valence-electron chi connectivity index (χ3n) is 3.27. The standard InChI is InChI=1S/C13H22N2S/c1-11-5-6-13(16-11)12(2)14-7-10-15-8-3-4-9-15/h5-6,12,14H,3-4,7-10H2,1-2H3. The van der Waals surface area contributed by atoms with Crippen molar-refractivity contribution in [2.45, 2.75) is 32.7 Å². The van der Waals surface area contributed by atoms with Crippen LogP contribution in [0.2, 0.25) is 0 Å². The number of hydrogen-bond acceptors (Lipinski definition) is 3. The Balaban J connectivity index is 1.69. The summed E-state index contributed by atoms with van der Waals surface area (Å²) in [4.78, 5) is 5.42. The van der Waals surface area contributed by atoms with E-state index in [1.54, 1.807) is 0 Å². The Labute approximate surface area is 103 Å². The summed E-state index contributed by atoms with van der Waals surface area (Å²) in [6.45, 7) is 9.34. The first-order chi connectivity index (χ1) is 7.75. The maximum atomic E-state index is 3.61. The van der Waals surface area contributed by atoms with Crippen LogP contribution < -0.4 is 5.32 Å². The summed E-state index contributed by atoms with van der Waals surface area (Å²) < 4.78 is 0. The van der Waals surface area contributed by atoms with Gasteiger partial charge in [-0.15, -0.1) is 11.3 Å². The first-order valence-corrected chi connectivity index (χ1v) is 7.09. The van der Waals surface area contributed by atoms with Crippen molar-refractivity contribution in [3.8, 4) is 0 Å². The van der Waals surface area contributed by atoms with Crippen LogP contribution in [0.5, 0.6) is 0 Å². The van der Waals surface area contributed by atoms with Gasteiger partial charge in [0.05, 0.1) is 0 Å². The average molecular weight is 238 g/mol. The van der Waals surface area contributed by atoms with Crippen molar-refractivity contribution in [1.82, 2.24) is 10.2 Å². The lowest BCUT2D eigenvalue weighted by molar-refractivity contribution is 0.330. The normalized spacial score (nSPS) is 19.1. The maximum Gasteiger partial charge on any atom is 0.0386 e. The van der Waals surface area contributed by atoms with Crippen LogP contribution in [0.1, 0.15) is 35.6 Å². The summed E-state index contributed by atoms with van der Waals surface area (Å²) in [5.41, 5.74) is 0. The van der Waals surface area contributed by atoms with E-state index in [1.807, 2.05) is 11.3 Å². The molecule has 0 amide bonds. The van der Waals surface area contributed by atoms with E-state index >= 15 is 0 Å². The van der Waals surface area contributed by atoms with E-state index in [-0.39, 0.29) is 0 Å². The molecule has 0 saturated carbocycles. The van der Waals surface area contributed by atoms with E-state index in [2.05, 4.69) is 36.2 Å². The van der Waals surface area contributed by atoms with E-state index < -0.39 is 0 Å². The summed E-state index contributed by atoms with van der Waals surface area (Å²) in [7, 11) is 0. The fraction of sp³-hybridized carbons (Fsp3) is 0.692. The van der Waals surface area contributed by atoms with Gasteiger partial charge in [0.15, 0.2) is 0 Å². The number of nitrogens with zero attached hydrogens (tertiary/aromatic N) is 1. The zero-order valence-corrected chi connectivity index (χ0v) is 11.1. The Morgan fingerprint density at radius 1 is 1.38 bits per heavy atom. The van der Waals surface area contributed by atoms with Gasteiger partial charge >= 0.3 is 0 Å². The van der Waals surface area contributed by atoms with Gasteiger partial charge < -0.3 is 10.2 Å². The van der Waals surface area contributed by atoms with Gasteiger partial charge in [-0.1, -0.05) is 0 Å². The SMILES string of the molecule is Cc1ccc(C(C)NCCN2CCCC2)s1. The van der Waals surface area contributed by atoms with Crippen molar-refractivity contribution < 1.29 is 0 Å². The summed E-state index contributed by atoms with van der Waals surface area (Å²) in [6, 6.07) is 4.95. The quantitative estimate of drug-likeness (QED) is 0.848. The molecule has 0 radical (unpaired) electrons. The van der Waals surface area contributed by atoms with Gasteiger partial charge in [-0.25, -0.2) is 0 Å². The number of likely N-dealkylation sites (tertiary alicyclic amines) is 1. The number of aryl methyl sites for hydroxylation is 1. The van der Waals surface area contributed by atoms with E-state index in [0.717, 1.165) is 6.54 Å². The van der Waals surface area contributed by atoms with Crippen molar-refractivity contribution in [2.75, 3.05) is 26.2 Å². The van der Waals surface area contributed by atoms with Gasteiger partial charge in [0, 0.05) is 28.9 Å². The molecule has 0 aromatic carbocycles. The van der Waals surface area contributed by atoms with Gasteiger partial charge in [0.25, 0.3) is 0 Å². The Hall–Kier alpha value is -0.380. The Morgan fingerprint density at radius 3 is 2.75 bits per heavy atom. The molecule has 2 nitrogen and oxygen atoms in total. The van der Waals surface area contributed by atoms with Crippen LogP contribution in [0.25, 0.3) is 0 Å². The number of rotatable bonds is 5. The predicted molar refractivity (Wildman–Crippen MR) is 71.1 cm³/mol. The van der Waals surface area contributed by atoms with Crippen molar-refractivity contribution in [3.63, 3.8) is 0 Å². The van der Waals surface area contributed by atoms with Crippen molar-refractivity contribution in [2.24, 2.45) is 0 Å². The molecular weight excluding hydrogens is 216 g/mol. The first-order valence-electron chi connectivity index (χ1n) is 6.28. The third-order valence-corrected chi connectivity index (χ3v) is 4.45. The van der Waals surface area contributed by atoms with Gasteiger partial charge in [-0.3, -0.25) is 0 Å². The molecule has 0 aliphatic carbocycles. The molecular formula is C13H22N2S. The molecule has 2 heterocycles. The van der Waals surface area contributed by atoms with Crippen LogP contribution in [0.4, 0.5) is 0 Å². The molecule has 90 valence electrons. The van der Waals surface area contributed by atoms with E-state index in [0.29, 0.717) is 6.04 Å². The molecule has 16 heavy (non-hydrogen) atoms. The largest absolute Gasteiger partial charge is 0.308 e. The molecule has 0 spiro atoms. The zero-order valence-electron chi connectivity index (χ0n) is 10.3. The van der Waals surface area contributed by atoms with Crippen LogP contribution in [-0.2, 0) is 0 Å². The molecule has 2 rings (SSSR count). The number of nitrogens with one attached hydrogen (secondary N) is 1. The summed E-state index contributed by atoms with van der Waals surface area (Å²) in [5.74, 6) is 0.